The van der Waals surface area contributed by atoms with E-state index in [0.29, 0.717) is 29.1 Å². The van der Waals surface area contributed by atoms with Crippen molar-refractivity contribution in [2.75, 3.05) is 24.7 Å². The second-order valence-electron chi connectivity index (χ2n) is 6.03. The summed E-state index contributed by atoms with van der Waals surface area (Å²) in [6.45, 7) is 5.15. The molecule has 1 aliphatic heterocycles. The zero-order valence-electron chi connectivity index (χ0n) is 14.1. The highest BCUT2D eigenvalue weighted by atomic mass is 35.5. The molecule has 0 aliphatic carbocycles. The second kappa shape index (κ2) is 7.63. The van der Waals surface area contributed by atoms with Gasteiger partial charge in [-0.25, -0.2) is 4.68 Å². The van der Waals surface area contributed by atoms with Crippen molar-refractivity contribution in [3.05, 3.63) is 29.3 Å². The molecule has 1 fully saturated rings. The summed E-state index contributed by atoms with van der Waals surface area (Å²) in [5, 5.41) is 9.27. The number of nitrogens with two attached hydrogens (primary N) is 1. The Morgan fingerprint density at radius 1 is 1.36 bits per heavy atom. The Hall–Kier alpha value is -1.77. The van der Waals surface area contributed by atoms with Crippen LogP contribution >= 0.6 is 23.4 Å². The molecule has 1 aromatic carbocycles. The first-order chi connectivity index (χ1) is 11.9. The number of rotatable bonds is 4. The molecule has 134 valence electrons. The maximum atomic E-state index is 12.4. The Kier molecular flexibility index (Phi) is 5.51. The number of benzene rings is 1. The molecule has 1 aromatic heterocycles. The van der Waals surface area contributed by atoms with Crippen molar-refractivity contribution in [1.82, 2.24) is 19.8 Å². The Morgan fingerprint density at radius 3 is 2.76 bits per heavy atom. The van der Waals surface area contributed by atoms with E-state index in [0.717, 1.165) is 5.56 Å². The Balaban J connectivity index is 1.65. The van der Waals surface area contributed by atoms with Crippen LogP contribution in [0.2, 0.25) is 5.02 Å². The number of morpholine rings is 1. The van der Waals surface area contributed by atoms with Crippen LogP contribution in [0.3, 0.4) is 0 Å². The van der Waals surface area contributed by atoms with E-state index < -0.39 is 0 Å². The number of carbonyl (C=O) groups excluding carboxylic acids is 1. The number of halogens is 1. The van der Waals surface area contributed by atoms with Gasteiger partial charge in [-0.05, 0) is 26.0 Å². The van der Waals surface area contributed by atoms with Gasteiger partial charge in [-0.15, -0.1) is 10.2 Å². The third-order valence-electron chi connectivity index (χ3n) is 3.84. The van der Waals surface area contributed by atoms with Crippen molar-refractivity contribution in [3.8, 4) is 11.4 Å². The minimum Gasteiger partial charge on any atom is -0.372 e. The number of nitrogens with zero attached hydrogens (tertiary/aromatic N) is 4. The lowest BCUT2D eigenvalue weighted by molar-refractivity contribution is -0.140. The zero-order valence-corrected chi connectivity index (χ0v) is 15.6. The highest BCUT2D eigenvalue weighted by Gasteiger charge is 2.26. The summed E-state index contributed by atoms with van der Waals surface area (Å²) < 4.78 is 7.04. The molecule has 2 heterocycles. The van der Waals surface area contributed by atoms with Crippen LogP contribution in [0.4, 0.5) is 0 Å². The van der Waals surface area contributed by atoms with Crippen molar-refractivity contribution >= 4 is 29.3 Å². The molecule has 2 unspecified atom stereocenters. The van der Waals surface area contributed by atoms with Gasteiger partial charge < -0.3 is 15.5 Å². The number of thioether (sulfide) groups is 1. The maximum Gasteiger partial charge on any atom is 0.233 e. The van der Waals surface area contributed by atoms with Gasteiger partial charge in [0.1, 0.15) is 0 Å². The third-order valence-corrected chi connectivity index (χ3v) is 5.01. The van der Waals surface area contributed by atoms with Gasteiger partial charge in [0, 0.05) is 23.7 Å². The van der Waals surface area contributed by atoms with Crippen LogP contribution in [0.1, 0.15) is 13.8 Å². The van der Waals surface area contributed by atoms with Gasteiger partial charge in [0.05, 0.1) is 18.0 Å². The summed E-state index contributed by atoms with van der Waals surface area (Å²) in [6.07, 6.45) is 0.0931. The van der Waals surface area contributed by atoms with Crippen LogP contribution in [0, 0.1) is 0 Å². The van der Waals surface area contributed by atoms with E-state index in [1.165, 1.54) is 16.4 Å². The van der Waals surface area contributed by atoms with Crippen molar-refractivity contribution in [2.45, 2.75) is 31.2 Å². The van der Waals surface area contributed by atoms with Crippen LogP contribution in [0.5, 0.6) is 0 Å². The van der Waals surface area contributed by atoms with Crippen LogP contribution in [0.15, 0.2) is 29.4 Å². The monoisotopic (exact) mass is 381 g/mol. The summed E-state index contributed by atoms with van der Waals surface area (Å²) in [7, 11) is 0. The first kappa shape index (κ1) is 18.0. The van der Waals surface area contributed by atoms with Gasteiger partial charge in [0.15, 0.2) is 5.82 Å². The molecule has 0 spiro atoms. The molecule has 0 bridgehead atoms. The minimum atomic E-state index is 0.0410. The van der Waals surface area contributed by atoms with Gasteiger partial charge in [0.2, 0.25) is 11.1 Å². The topological polar surface area (TPSA) is 86.3 Å². The van der Waals surface area contributed by atoms with Gasteiger partial charge >= 0.3 is 0 Å². The smallest absolute Gasteiger partial charge is 0.233 e. The average Bonchev–Trinajstić information content (AvgIpc) is 2.92. The van der Waals surface area contributed by atoms with Crippen molar-refractivity contribution in [2.24, 2.45) is 0 Å². The SMILES string of the molecule is CC1CN(C(=O)CSc2nnc(-c3cccc(Cl)c3)n2N)CC(C)O1. The number of ether oxygens (including phenoxy) is 1. The van der Waals surface area contributed by atoms with Crippen LogP contribution in [-0.4, -0.2) is 56.7 Å². The molecule has 0 radical (unpaired) electrons. The lowest BCUT2D eigenvalue weighted by Crippen LogP contribution is -2.48. The second-order valence-corrected chi connectivity index (χ2v) is 7.41. The van der Waals surface area contributed by atoms with E-state index >= 15 is 0 Å². The van der Waals surface area contributed by atoms with Crippen LogP contribution < -0.4 is 5.84 Å². The largest absolute Gasteiger partial charge is 0.372 e. The predicted octanol–water partition coefficient (Wildman–Crippen LogP) is 2.04. The number of aromatic nitrogens is 3. The van der Waals surface area contributed by atoms with Crippen molar-refractivity contribution in [1.29, 1.82) is 0 Å². The fourth-order valence-corrected chi connectivity index (χ4v) is 3.75. The molecular weight excluding hydrogens is 362 g/mol. The fourth-order valence-electron chi connectivity index (χ4n) is 2.80. The van der Waals surface area contributed by atoms with E-state index in [1.54, 1.807) is 12.1 Å². The average molecular weight is 382 g/mol. The molecule has 2 N–H and O–H groups in total. The van der Waals surface area contributed by atoms with Crippen LogP contribution in [0.25, 0.3) is 11.4 Å². The van der Waals surface area contributed by atoms with Gasteiger partial charge in [-0.1, -0.05) is 35.5 Å². The molecule has 2 aromatic rings. The van der Waals surface area contributed by atoms with E-state index in [9.17, 15) is 4.79 Å². The highest BCUT2D eigenvalue weighted by Crippen LogP contribution is 2.24. The van der Waals surface area contributed by atoms with Crippen molar-refractivity contribution < 1.29 is 9.53 Å². The first-order valence-electron chi connectivity index (χ1n) is 7.96. The molecule has 1 amide bonds. The summed E-state index contributed by atoms with van der Waals surface area (Å²) in [6, 6.07) is 7.23. The van der Waals surface area contributed by atoms with Gasteiger partial charge in [0.25, 0.3) is 0 Å². The predicted molar refractivity (Wildman–Crippen MR) is 97.9 cm³/mol. The number of amides is 1. The van der Waals surface area contributed by atoms with Crippen molar-refractivity contribution in [3.63, 3.8) is 0 Å². The summed E-state index contributed by atoms with van der Waals surface area (Å²) in [5.41, 5.74) is 0.775. The summed E-state index contributed by atoms with van der Waals surface area (Å²) >= 11 is 7.27. The first-order valence-corrected chi connectivity index (χ1v) is 9.33. The summed E-state index contributed by atoms with van der Waals surface area (Å²) in [5.74, 6) is 6.88. The number of carbonyl (C=O) groups is 1. The minimum absolute atomic E-state index is 0.0410. The van der Waals surface area contributed by atoms with E-state index in [2.05, 4.69) is 10.2 Å². The molecular formula is C16H20ClN5O2S. The Morgan fingerprint density at radius 2 is 2.08 bits per heavy atom. The zero-order chi connectivity index (χ0) is 18.0. The molecule has 1 aliphatic rings. The molecule has 0 saturated carbocycles. The fraction of sp³-hybridized carbons (Fsp3) is 0.438. The quantitative estimate of drug-likeness (QED) is 0.644. The molecule has 25 heavy (non-hydrogen) atoms. The van der Waals surface area contributed by atoms with Gasteiger partial charge in [-0.2, -0.15) is 0 Å². The number of hydrogen-bond acceptors (Lipinski definition) is 6. The molecule has 7 nitrogen and oxygen atoms in total. The number of hydrogen-bond donors (Lipinski definition) is 1. The van der Waals surface area contributed by atoms with E-state index in [4.69, 9.17) is 22.2 Å². The molecule has 1 saturated heterocycles. The lowest BCUT2D eigenvalue weighted by Gasteiger charge is -2.35. The van der Waals surface area contributed by atoms with Gasteiger partial charge in [-0.3, -0.25) is 4.79 Å². The normalized spacial score (nSPS) is 20.7. The molecule has 2 atom stereocenters. The lowest BCUT2D eigenvalue weighted by atomic mass is 10.2. The molecule has 3 rings (SSSR count). The van der Waals surface area contributed by atoms with Crippen LogP contribution in [-0.2, 0) is 9.53 Å². The number of nitrogen functional groups attached to an aromatic ring is 1. The Bertz CT molecular complexity index is 759. The molecule has 9 heteroatoms. The highest BCUT2D eigenvalue weighted by molar-refractivity contribution is 7.99. The maximum absolute atomic E-state index is 12.4. The van der Waals surface area contributed by atoms with E-state index in [1.807, 2.05) is 30.9 Å². The Labute approximate surface area is 155 Å². The van der Waals surface area contributed by atoms with E-state index in [-0.39, 0.29) is 23.9 Å². The summed E-state index contributed by atoms with van der Waals surface area (Å²) in [4.78, 5) is 14.2. The third kappa shape index (κ3) is 4.26. The standard InChI is InChI=1S/C16H20ClN5O2S/c1-10-7-21(8-11(2)24-10)14(23)9-25-16-20-19-15(22(16)18)12-4-3-5-13(17)6-12/h3-6,10-11H,7-9,18H2,1-2H3.